The number of carbonyl (C=O) groups excluding carboxylic acids is 1. The zero-order valence-electron chi connectivity index (χ0n) is 12.9. The lowest BCUT2D eigenvalue weighted by molar-refractivity contribution is -0.124. The molecule has 1 amide bonds. The van der Waals surface area contributed by atoms with Gasteiger partial charge in [0.1, 0.15) is 5.82 Å². The van der Waals surface area contributed by atoms with E-state index in [2.05, 4.69) is 5.32 Å². The molecular weight excluding hydrogens is 277 g/mol. The van der Waals surface area contributed by atoms with E-state index in [-0.39, 0.29) is 17.8 Å². The summed E-state index contributed by atoms with van der Waals surface area (Å²) in [5, 5.41) is 3.12. The molecule has 0 saturated heterocycles. The third-order valence-electron chi connectivity index (χ3n) is 4.58. The molecule has 1 unspecified atom stereocenters. The summed E-state index contributed by atoms with van der Waals surface area (Å²) < 4.78 is 13.1. The topological polar surface area (TPSA) is 29.1 Å². The number of rotatable bonds is 4. The van der Waals surface area contributed by atoms with Crippen LogP contribution in [-0.4, -0.2) is 5.91 Å². The van der Waals surface area contributed by atoms with Gasteiger partial charge in [-0.2, -0.15) is 0 Å². The van der Waals surface area contributed by atoms with Gasteiger partial charge in [0.2, 0.25) is 5.91 Å². The smallest absolute Gasteiger partial charge is 0.231 e. The first-order chi connectivity index (χ1) is 10.5. The maximum Gasteiger partial charge on any atom is 0.231 e. The average Bonchev–Trinajstić information content (AvgIpc) is 3.30. The molecule has 0 aromatic heterocycles. The summed E-state index contributed by atoms with van der Waals surface area (Å²) in [4.78, 5) is 12.7. The number of halogens is 1. The highest BCUT2D eigenvalue weighted by atomic mass is 19.1. The third-order valence-corrected chi connectivity index (χ3v) is 4.58. The number of carbonyl (C=O) groups is 1. The summed E-state index contributed by atoms with van der Waals surface area (Å²) in [5.41, 5.74) is 2.74. The van der Waals surface area contributed by atoms with E-state index in [0.717, 1.165) is 24.0 Å². The van der Waals surface area contributed by atoms with Crippen molar-refractivity contribution < 1.29 is 9.18 Å². The van der Waals surface area contributed by atoms with E-state index in [1.54, 1.807) is 12.1 Å². The molecule has 1 aliphatic carbocycles. The first kappa shape index (κ1) is 14.8. The van der Waals surface area contributed by atoms with Crippen molar-refractivity contribution in [2.24, 2.45) is 0 Å². The summed E-state index contributed by atoms with van der Waals surface area (Å²) in [7, 11) is 0. The van der Waals surface area contributed by atoms with Gasteiger partial charge in [-0.15, -0.1) is 0 Å². The van der Waals surface area contributed by atoms with E-state index in [0.29, 0.717) is 0 Å². The molecule has 0 aliphatic heterocycles. The Morgan fingerprint density at radius 2 is 1.77 bits per heavy atom. The summed E-state index contributed by atoms with van der Waals surface area (Å²) in [6, 6.07) is 14.3. The molecule has 22 heavy (non-hydrogen) atoms. The Bertz CT molecular complexity index is 689. The first-order valence-corrected chi connectivity index (χ1v) is 7.65. The van der Waals surface area contributed by atoms with Crippen LogP contribution in [0.2, 0.25) is 0 Å². The maximum atomic E-state index is 13.1. The van der Waals surface area contributed by atoms with Gasteiger partial charge in [0.15, 0.2) is 0 Å². The fourth-order valence-electron chi connectivity index (χ4n) is 3.03. The van der Waals surface area contributed by atoms with Gasteiger partial charge < -0.3 is 5.32 Å². The minimum absolute atomic E-state index is 0.0355. The number of amides is 1. The maximum absolute atomic E-state index is 13.1. The minimum atomic E-state index is -0.468. The molecule has 3 heteroatoms. The van der Waals surface area contributed by atoms with Crippen molar-refractivity contribution in [2.75, 3.05) is 0 Å². The molecular formula is C19H20FNO. The average molecular weight is 297 g/mol. The Labute approximate surface area is 130 Å². The monoisotopic (exact) mass is 297 g/mol. The second kappa shape index (κ2) is 5.56. The summed E-state index contributed by atoms with van der Waals surface area (Å²) >= 11 is 0. The van der Waals surface area contributed by atoms with Crippen LogP contribution in [0.25, 0.3) is 0 Å². The molecule has 1 fully saturated rings. The molecule has 3 rings (SSSR count). The van der Waals surface area contributed by atoms with Crippen LogP contribution in [-0.2, 0) is 10.2 Å². The van der Waals surface area contributed by atoms with Gasteiger partial charge in [-0.05, 0) is 55.5 Å². The second-order valence-electron chi connectivity index (χ2n) is 6.14. The third kappa shape index (κ3) is 2.63. The van der Waals surface area contributed by atoms with Crippen LogP contribution in [0.4, 0.5) is 4.39 Å². The van der Waals surface area contributed by atoms with Crippen LogP contribution in [0, 0.1) is 12.7 Å². The van der Waals surface area contributed by atoms with E-state index in [1.807, 2.05) is 38.1 Å². The van der Waals surface area contributed by atoms with E-state index in [1.165, 1.54) is 17.7 Å². The standard InChI is InChI=1S/C19H20FNO/c1-13-5-3-4-6-17(13)14(2)21-18(22)19(11-12-19)15-7-9-16(20)10-8-15/h3-10,14H,11-12H2,1-2H3,(H,21,22). The van der Waals surface area contributed by atoms with Gasteiger partial charge in [-0.3, -0.25) is 4.79 Å². The highest BCUT2D eigenvalue weighted by molar-refractivity contribution is 5.91. The molecule has 1 N–H and O–H groups in total. The van der Waals surface area contributed by atoms with Gasteiger partial charge in [0.25, 0.3) is 0 Å². The predicted octanol–water partition coefficient (Wildman–Crippen LogP) is 4.04. The van der Waals surface area contributed by atoms with Crippen LogP contribution in [0.3, 0.4) is 0 Å². The normalized spacial score (nSPS) is 16.9. The van der Waals surface area contributed by atoms with Crippen molar-refractivity contribution in [3.8, 4) is 0 Å². The first-order valence-electron chi connectivity index (χ1n) is 7.65. The Kier molecular flexibility index (Phi) is 3.73. The van der Waals surface area contributed by atoms with Gasteiger partial charge in [-0.1, -0.05) is 36.4 Å². The molecule has 1 aliphatic rings. The van der Waals surface area contributed by atoms with Crippen molar-refractivity contribution in [1.29, 1.82) is 0 Å². The minimum Gasteiger partial charge on any atom is -0.349 e. The number of nitrogens with one attached hydrogen (secondary N) is 1. The van der Waals surface area contributed by atoms with Crippen LogP contribution >= 0.6 is 0 Å². The highest BCUT2D eigenvalue weighted by Gasteiger charge is 2.51. The van der Waals surface area contributed by atoms with Crippen molar-refractivity contribution in [3.63, 3.8) is 0 Å². The van der Waals surface area contributed by atoms with E-state index < -0.39 is 5.41 Å². The quantitative estimate of drug-likeness (QED) is 0.906. The van der Waals surface area contributed by atoms with E-state index in [9.17, 15) is 9.18 Å². The lowest BCUT2D eigenvalue weighted by atomic mass is 9.94. The fourth-order valence-corrected chi connectivity index (χ4v) is 3.03. The molecule has 0 spiro atoms. The van der Waals surface area contributed by atoms with Crippen molar-refractivity contribution in [1.82, 2.24) is 5.32 Å². The van der Waals surface area contributed by atoms with Gasteiger partial charge >= 0.3 is 0 Å². The zero-order valence-corrected chi connectivity index (χ0v) is 12.9. The van der Waals surface area contributed by atoms with Crippen LogP contribution < -0.4 is 5.32 Å². The molecule has 1 atom stereocenters. The summed E-state index contributed by atoms with van der Waals surface area (Å²) in [6.45, 7) is 4.05. The lowest BCUT2D eigenvalue weighted by Gasteiger charge is -2.21. The van der Waals surface area contributed by atoms with E-state index >= 15 is 0 Å². The number of hydrogen-bond acceptors (Lipinski definition) is 1. The number of hydrogen-bond donors (Lipinski definition) is 1. The summed E-state index contributed by atoms with van der Waals surface area (Å²) in [6.07, 6.45) is 1.65. The van der Waals surface area contributed by atoms with Gasteiger partial charge in [0.05, 0.1) is 11.5 Å². The fraction of sp³-hybridized carbons (Fsp3) is 0.316. The van der Waals surface area contributed by atoms with Crippen molar-refractivity contribution in [2.45, 2.75) is 38.1 Å². The van der Waals surface area contributed by atoms with Crippen molar-refractivity contribution in [3.05, 3.63) is 71.0 Å². The molecule has 2 aromatic carbocycles. The molecule has 114 valence electrons. The summed E-state index contributed by atoms with van der Waals surface area (Å²) in [5.74, 6) is -0.233. The molecule has 2 nitrogen and oxygen atoms in total. The Hall–Kier alpha value is -2.16. The number of benzene rings is 2. The van der Waals surface area contributed by atoms with Crippen LogP contribution in [0.1, 0.15) is 42.5 Å². The Morgan fingerprint density at radius 1 is 1.14 bits per heavy atom. The van der Waals surface area contributed by atoms with Crippen LogP contribution in [0.15, 0.2) is 48.5 Å². The largest absolute Gasteiger partial charge is 0.349 e. The SMILES string of the molecule is Cc1ccccc1C(C)NC(=O)C1(c2ccc(F)cc2)CC1. The van der Waals surface area contributed by atoms with Gasteiger partial charge in [0, 0.05) is 0 Å². The molecule has 2 aromatic rings. The Morgan fingerprint density at radius 3 is 2.36 bits per heavy atom. The zero-order chi connectivity index (χ0) is 15.7. The van der Waals surface area contributed by atoms with E-state index in [4.69, 9.17) is 0 Å². The molecule has 0 bridgehead atoms. The molecule has 0 radical (unpaired) electrons. The Balaban J connectivity index is 1.77. The lowest BCUT2D eigenvalue weighted by Crippen LogP contribution is -2.36. The number of aryl methyl sites for hydroxylation is 1. The van der Waals surface area contributed by atoms with Crippen LogP contribution in [0.5, 0.6) is 0 Å². The predicted molar refractivity (Wildman–Crippen MR) is 85.0 cm³/mol. The second-order valence-corrected chi connectivity index (χ2v) is 6.14. The molecule has 0 heterocycles. The highest BCUT2D eigenvalue weighted by Crippen LogP contribution is 2.48. The van der Waals surface area contributed by atoms with Crippen molar-refractivity contribution >= 4 is 5.91 Å². The molecule has 1 saturated carbocycles. The van der Waals surface area contributed by atoms with Gasteiger partial charge in [-0.25, -0.2) is 4.39 Å².